The largest absolute Gasteiger partial charge is 0.445 e. The maximum atomic E-state index is 12.9. The number of carbonyl (C=O) groups is 2. The quantitative estimate of drug-likeness (QED) is 0.289. The Morgan fingerprint density at radius 3 is 2.76 bits per heavy atom. The predicted molar refractivity (Wildman–Crippen MR) is 126 cm³/mol. The van der Waals surface area contributed by atoms with Crippen LogP contribution in [0.3, 0.4) is 0 Å². The Balaban J connectivity index is 1.48. The van der Waals surface area contributed by atoms with E-state index in [1.165, 1.54) is 18.3 Å². The third kappa shape index (κ3) is 7.63. The summed E-state index contributed by atoms with van der Waals surface area (Å²) in [5.74, 6) is 1.59. The van der Waals surface area contributed by atoms with Gasteiger partial charge in [-0.15, -0.1) is 11.8 Å². The molecule has 0 unspecified atom stereocenters. The molecule has 1 aromatic carbocycles. The molecular weight excluding hydrogens is 446 g/mol. The van der Waals surface area contributed by atoms with E-state index in [1.807, 2.05) is 30.3 Å². The lowest BCUT2D eigenvalue weighted by Crippen LogP contribution is -2.47. The van der Waals surface area contributed by atoms with Crippen LogP contribution in [0.4, 0.5) is 16.3 Å². The molecule has 1 fully saturated rings. The number of carbonyl (C=O) groups excluding carboxylic acids is 2. The molecule has 176 valence electrons. The summed E-state index contributed by atoms with van der Waals surface area (Å²) in [7, 11) is 0. The highest BCUT2D eigenvalue weighted by molar-refractivity contribution is 7.99. The molecule has 2 heterocycles. The molecule has 2 amide bonds. The molecule has 0 radical (unpaired) electrons. The number of amides is 2. The summed E-state index contributed by atoms with van der Waals surface area (Å²) in [5.41, 5.74) is 0.779. The number of unbranched alkanes of at least 4 members (excludes halogenated alkanes) is 1. The number of aromatic nitrogens is 1. The van der Waals surface area contributed by atoms with Crippen LogP contribution in [0.25, 0.3) is 0 Å². The third-order valence-electron chi connectivity index (χ3n) is 5.06. The highest BCUT2D eigenvalue weighted by Gasteiger charge is 2.28. The first-order valence-corrected chi connectivity index (χ1v) is 11.9. The molecule has 2 aromatic rings. The number of thioether (sulfide) groups is 1. The average molecular weight is 474 g/mol. The van der Waals surface area contributed by atoms with Gasteiger partial charge in [0.25, 0.3) is 0 Å². The number of alkyl carbamates (subject to hydrolysis) is 1. The summed E-state index contributed by atoms with van der Waals surface area (Å²) in [6, 6.07) is 11.5. The van der Waals surface area contributed by atoms with Gasteiger partial charge in [-0.2, -0.15) is 0 Å². The van der Waals surface area contributed by atoms with Crippen molar-refractivity contribution in [2.24, 2.45) is 0 Å². The van der Waals surface area contributed by atoms with Crippen LogP contribution in [0, 0.1) is 10.1 Å². The molecule has 11 heteroatoms. The van der Waals surface area contributed by atoms with Crippen molar-refractivity contribution in [1.82, 2.24) is 15.2 Å². The molecule has 3 rings (SSSR count). The molecule has 1 aliphatic heterocycles. The van der Waals surface area contributed by atoms with Gasteiger partial charge < -0.3 is 20.3 Å². The number of anilines is 1. The van der Waals surface area contributed by atoms with E-state index >= 15 is 0 Å². The van der Waals surface area contributed by atoms with E-state index in [9.17, 15) is 19.7 Å². The Hall–Kier alpha value is -3.34. The van der Waals surface area contributed by atoms with E-state index in [1.54, 1.807) is 16.7 Å². The smallest absolute Gasteiger partial charge is 0.408 e. The topological polar surface area (TPSA) is 127 Å². The monoisotopic (exact) mass is 473 g/mol. The van der Waals surface area contributed by atoms with Gasteiger partial charge in [0.05, 0.1) is 10.8 Å². The van der Waals surface area contributed by atoms with Crippen LogP contribution in [-0.4, -0.2) is 57.6 Å². The molecule has 33 heavy (non-hydrogen) atoms. The van der Waals surface area contributed by atoms with Gasteiger partial charge in [-0.3, -0.25) is 14.9 Å². The van der Waals surface area contributed by atoms with Crippen molar-refractivity contribution in [3.8, 4) is 0 Å². The lowest BCUT2D eigenvalue weighted by atomic mass is 10.1. The van der Waals surface area contributed by atoms with Crippen LogP contribution >= 0.6 is 11.8 Å². The van der Waals surface area contributed by atoms with Crippen LogP contribution < -0.4 is 10.6 Å². The number of hydrogen-bond acceptors (Lipinski definition) is 8. The maximum absolute atomic E-state index is 12.9. The van der Waals surface area contributed by atoms with Crippen molar-refractivity contribution in [3.63, 3.8) is 0 Å². The van der Waals surface area contributed by atoms with Crippen molar-refractivity contribution in [2.45, 2.75) is 31.9 Å². The first-order valence-electron chi connectivity index (χ1n) is 10.7. The molecule has 0 spiro atoms. The van der Waals surface area contributed by atoms with Gasteiger partial charge in [-0.1, -0.05) is 30.3 Å². The number of benzene rings is 1. The average Bonchev–Trinajstić information content (AvgIpc) is 3.37. The van der Waals surface area contributed by atoms with Crippen LogP contribution in [0.2, 0.25) is 0 Å². The SMILES string of the molecule is O=C(N[C@@H](CCCCNc1ncccc1[N+](=O)[O-])C(=O)N1CCSC1)OCc1ccccc1. The van der Waals surface area contributed by atoms with E-state index in [-0.39, 0.29) is 24.0 Å². The lowest BCUT2D eigenvalue weighted by molar-refractivity contribution is -0.384. The predicted octanol–water partition coefficient (Wildman–Crippen LogP) is 3.40. The summed E-state index contributed by atoms with van der Waals surface area (Å²) in [4.78, 5) is 41.6. The fraction of sp³-hybridized carbons (Fsp3) is 0.409. The molecule has 0 aliphatic carbocycles. The minimum Gasteiger partial charge on any atom is -0.445 e. The van der Waals surface area contributed by atoms with Gasteiger partial charge >= 0.3 is 11.8 Å². The minimum absolute atomic E-state index is 0.0834. The Bertz CT molecular complexity index is 940. The number of nitrogens with zero attached hydrogens (tertiary/aromatic N) is 3. The van der Waals surface area contributed by atoms with Crippen LogP contribution in [0.15, 0.2) is 48.7 Å². The van der Waals surface area contributed by atoms with E-state index in [4.69, 9.17) is 4.74 Å². The lowest BCUT2D eigenvalue weighted by Gasteiger charge is -2.23. The number of ether oxygens (including phenoxy) is 1. The van der Waals surface area contributed by atoms with Crippen LogP contribution in [0.1, 0.15) is 24.8 Å². The second kappa shape index (κ2) is 12.6. The third-order valence-corrected chi connectivity index (χ3v) is 6.03. The summed E-state index contributed by atoms with van der Waals surface area (Å²) in [6.45, 7) is 1.24. The van der Waals surface area contributed by atoms with Crippen LogP contribution in [-0.2, 0) is 16.1 Å². The van der Waals surface area contributed by atoms with Crippen molar-refractivity contribution in [3.05, 3.63) is 64.3 Å². The van der Waals surface area contributed by atoms with Gasteiger partial charge in [-0.25, -0.2) is 9.78 Å². The standard InChI is InChI=1S/C22H27N5O5S/c28-21(26-13-14-33-16-26)18(25-22(29)32-15-17-7-2-1-3-8-17)9-4-5-11-23-20-19(27(30)31)10-6-12-24-20/h1-3,6-8,10,12,18H,4-5,9,11,13-16H2,(H,23,24)(H,25,29)/t18-/m0/s1. The summed E-state index contributed by atoms with van der Waals surface area (Å²) >= 11 is 1.68. The fourth-order valence-electron chi connectivity index (χ4n) is 3.33. The van der Waals surface area contributed by atoms with Crippen molar-refractivity contribution >= 4 is 35.3 Å². The minimum atomic E-state index is -0.684. The fourth-order valence-corrected chi connectivity index (χ4v) is 4.29. The zero-order valence-corrected chi connectivity index (χ0v) is 19.0. The Morgan fingerprint density at radius 2 is 2.03 bits per heavy atom. The van der Waals surface area contributed by atoms with E-state index in [2.05, 4.69) is 15.6 Å². The molecule has 10 nitrogen and oxygen atoms in total. The maximum Gasteiger partial charge on any atom is 0.408 e. The molecule has 1 aliphatic rings. The molecule has 1 saturated heterocycles. The number of nitrogens with one attached hydrogen (secondary N) is 2. The highest BCUT2D eigenvalue weighted by Crippen LogP contribution is 2.20. The van der Waals surface area contributed by atoms with Gasteiger partial charge in [0.2, 0.25) is 11.7 Å². The second-order valence-electron chi connectivity index (χ2n) is 7.45. The van der Waals surface area contributed by atoms with Crippen molar-refractivity contribution in [2.75, 3.05) is 30.0 Å². The van der Waals surface area contributed by atoms with Crippen LogP contribution in [0.5, 0.6) is 0 Å². The molecule has 1 aromatic heterocycles. The summed E-state index contributed by atoms with van der Waals surface area (Å²) < 4.78 is 5.28. The molecule has 2 N–H and O–H groups in total. The highest BCUT2D eigenvalue weighted by atomic mass is 32.2. The Kier molecular flexibility index (Phi) is 9.31. The second-order valence-corrected chi connectivity index (χ2v) is 8.52. The van der Waals surface area contributed by atoms with Gasteiger partial charge in [0.1, 0.15) is 12.6 Å². The number of pyridine rings is 1. The van der Waals surface area contributed by atoms with Gasteiger partial charge in [-0.05, 0) is 30.9 Å². The zero-order chi connectivity index (χ0) is 23.5. The van der Waals surface area contributed by atoms with Gasteiger partial charge in [0.15, 0.2) is 0 Å². The van der Waals surface area contributed by atoms with E-state index < -0.39 is 17.1 Å². The van der Waals surface area contributed by atoms with Gasteiger partial charge in [0, 0.05) is 31.1 Å². The van der Waals surface area contributed by atoms with E-state index in [0.29, 0.717) is 38.2 Å². The summed E-state index contributed by atoms with van der Waals surface area (Å²) in [6.07, 6.45) is 2.57. The Labute approximate surface area is 196 Å². The van der Waals surface area contributed by atoms with Crippen molar-refractivity contribution in [1.29, 1.82) is 0 Å². The normalized spacial score (nSPS) is 13.9. The zero-order valence-electron chi connectivity index (χ0n) is 18.1. The van der Waals surface area contributed by atoms with Crippen molar-refractivity contribution < 1.29 is 19.2 Å². The first-order chi connectivity index (χ1) is 16.0. The number of hydrogen-bond donors (Lipinski definition) is 2. The summed E-state index contributed by atoms with van der Waals surface area (Å²) in [5, 5.41) is 16.8. The molecule has 0 bridgehead atoms. The number of rotatable bonds is 11. The molecular formula is C22H27N5O5S. The Morgan fingerprint density at radius 1 is 1.21 bits per heavy atom. The van der Waals surface area contributed by atoms with E-state index in [0.717, 1.165) is 11.3 Å². The molecule has 1 atom stereocenters. The first kappa shape index (κ1) is 24.3. The molecule has 0 saturated carbocycles. The number of nitro groups is 1.